The van der Waals surface area contributed by atoms with Gasteiger partial charge in [0.25, 0.3) is 0 Å². The van der Waals surface area contributed by atoms with Crippen molar-refractivity contribution in [3.63, 3.8) is 0 Å². The number of benzene rings is 7. The summed E-state index contributed by atoms with van der Waals surface area (Å²) in [6.45, 7) is 12.1. The smallest absolute Gasteiger partial charge is 0.238 e. The molecule has 0 saturated heterocycles. The molecule has 3 heterocycles. The third-order valence-corrected chi connectivity index (χ3v) is 13.3. The molecule has 1 aliphatic rings. The van der Waals surface area contributed by atoms with E-state index in [0.717, 1.165) is 56.1 Å². The van der Waals surface area contributed by atoms with Gasteiger partial charge in [-0.15, -0.1) is 0 Å². The Kier molecular flexibility index (Phi) is 7.83. The van der Waals surface area contributed by atoms with Crippen LogP contribution < -0.4 is 0 Å². The number of hydrogen-bond donors (Lipinski definition) is 0. The lowest BCUT2D eigenvalue weighted by molar-refractivity contribution is 0.233. The minimum atomic E-state index is 0.0664. The Bertz CT molecular complexity index is 3200. The summed E-state index contributed by atoms with van der Waals surface area (Å²) in [5, 5.41) is 4.66. The quantitative estimate of drug-likeness (QED) is 0.175. The Morgan fingerprint density at radius 2 is 1.00 bits per heavy atom. The van der Waals surface area contributed by atoms with Crippen LogP contribution in [0.1, 0.15) is 52.2 Å². The lowest BCUT2D eigenvalue weighted by Gasteiger charge is -2.46. The van der Waals surface area contributed by atoms with Gasteiger partial charge in [0, 0.05) is 38.2 Å². The first-order valence-corrected chi connectivity index (χ1v) is 20.8. The molecule has 0 radical (unpaired) electrons. The molecule has 0 bridgehead atoms. The second-order valence-corrected chi connectivity index (χ2v) is 17.6. The molecule has 3 aromatic heterocycles. The van der Waals surface area contributed by atoms with Gasteiger partial charge in [0.05, 0.1) is 27.8 Å². The normalized spacial score (nSPS) is 15.9. The molecule has 5 heteroatoms. The lowest BCUT2D eigenvalue weighted by Crippen LogP contribution is -2.40. The van der Waals surface area contributed by atoms with E-state index in [4.69, 9.17) is 15.0 Å². The molecule has 286 valence electrons. The summed E-state index contributed by atoms with van der Waals surface area (Å²) in [5.41, 5.74) is 12.9. The number of rotatable bonds is 5. The SMILES string of the molecule is CC1CC(C)(C)c2cc(-c3ccccc3-n3c4ccccc4c4ccc5c6ccccc6n(-c6nc(-c7ccccc7)nc(-c7ccccc7)n6)c5c43)ccc2C1(C)C. The van der Waals surface area contributed by atoms with Gasteiger partial charge in [0.2, 0.25) is 5.95 Å². The fourth-order valence-corrected chi connectivity index (χ4v) is 10.00. The molecule has 5 nitrogen and oxygen atoms in total. The fourth-order valence-electron chi connectivity index (χ4n) is 10.00. The zero-order valence-electron chi connectivity index (χ0n) is 34.1. The van der Waals surface area contributed by atoms with Gasteiger partial charge >= 0.3 is 0 Å². The van der Waals surface area contributed by atoms with Crippen molar-refractivity contribution < 1.29 is 0 Å². The summed E-state index contributed by atoms with van der Waals surface area (Å²) in [6.07, 6.45) is 1.16. The molecular formula is C54H45N5. The average Bonchev–Trinajstić information content (AvgIpc) is 3.79. The van der Waals surface area contributed by atoms with E-state index in [-0.39, 0.29) is 10.8 Å². The Morgan fingerprint density at radius 3 is 1.63 bits per heavy atom. The van der Waals surface area contributed by atoms with E-state index in [1.165, 1.54) is 33.0 Å². The third-order valence-electron chi connectivity index (χ3n) is 13.3. The molecule has 0 N–H and O–H groups in total. The monoisotopic (exact) mass is 763 g/mol. The largest absolute Gasteiger partial charge is 0.307 e. The summed E-state index contributed by atoms with van der Waals surface area (Å²) >= 11 is 0. The standard InChI is InChI=1S/C54H45N5/c1-34-33-53(2,3)44-32-37(28-31-43(44)54(34,4)5)38-22-12-15-25-45(38)58-46-26-16-13-23-39(46)41-29-30-42-40-24-14-17-27-47(40)59(49(42)48(41)58)52-56-50(35-18-8-6-9-19-35)55-51(57-52)36-20-10-7-11-21-36/h6-32,34H,33H2,1-5H3. The fraction of sp³-hybridized carbons (Fsp3) is 0.167. The van der Waals surface area contributed by atoms with Crippen LogP contribution in [-0.4, -0.2) is 24.1 Å². The van der Waals surface area contributed by atoms with Gasteiger partial charge in [0.15, 0.2) is 11.6 Å². The molecule has 1 unspecified atom stereocenters. The van der Waals surface area contributed by atoms with Gasteiger partial charge in [-0.25, -0.2) is 4.98 Å². The molecule has 0 fully saturated rings. The molecule has 0 aliphatic heterocycles. The van der Waals surface area contributed by atoms with Gasteiger partial charge < -0.3 is 4.57 Å². The van der Waals surface area contributed by atoms with Crippen molar-refractivity contribution in [2.75, 3.05) is 0 Å². The highest BCUT2D eigenvalue weighted by Gasteiger charge is 2.42. The van der Waals surface area contributed by atoms with Crippen LogP contribution in [0.5, 0.6) is 0 Å². The van der Waals surface area contributed by atoms with Crippen LogP contribution in [-0.2, 0) is 10.8 Å². The first-order chi connectivity index (χ1) is 28.7. The van der Waals surface area contributed by atoms with Gasteiger partial charge in [-0.05, 0) is 58.1 Å². The Morgan fingerprint density at radius 1 is 0.475 bits per heavy atom. The van der Waals surface area contributed by atoms with Crippen LogP contribution in [0, 0.1) is 5.92 Å². The highest BCUT2D eigenvalue weighted by molar-refractivity contribution is 6.24. The van der Waals surface area contributed by atoms with Crippen LogP contribution in [0.4, 0.5) is 0 Å². The molecule has 1 atom stereocenters. The minimum Gasteiger partial charge on any atom is -0.307 e. The van der Waals surface area contributed by atoms with Gasteiger partial charge in [0.1, 0.15) is 0 Å². The van der Waals surface area contributed by atoms with Crippen molar-refractivity contribution in [3.8, 4) is 45.5 Å². The van der Waals surface area contributed by atoms with E-state index in [1.54, 1.807) is 0 Å². The maximum absolute atomic E-state index is 5.30. The molecule has 0 saturated carbocycles. The summed E-state index contributed by atoms with van der Waals surface area (Å²) in [6, 6.07) is 58.7. The van der Waals surface area contributed by atoms with E-state index in [2.05, 4.69) is 171 Å². The summed E-state index contributed by atoms with van der Waals surface area (Å²) in [4.78, 5) is 15.7. The maximum atomic E-state index is 5.30. The van der Waals surface area contributed by atoms with Crippen molar-refractivity contribution in [1.29, 1.82) is 0 Å². The predicted octanol–water partition coefficient (Wildman–Crippen LogP) is 13.7. The van der Waals surface area contributed by atoms with Gasteiger partial charge in [-0.1, -0.05) is 180 Å². The maximum Gasteiger partial charge on any atom is 0.238 e. The third kappa shape index (κ3) is 5.41. The molecule has 11 rings (SSSR count). The van der Waals surface area contributed by atoms with E-state index in [9.17, 15) is 0 Å². The van der Waals surface area contributed by atoms with Crippen molar-refractivity contribution in [2.45, 2.75) is 51.9 Å². The first kappa shape index (κ1) is 35.3. The zero-order chi connectivity index (χ0) is 40.0. The molecule has 0 amide bonds. The van der Waals surface area contributed by atoms with Crippen molar-refractivity contribution in [1.82, 2.24) is 24.1 Å². The van der Waals surface area contributed by atoms with Crippen LogP contribution in [0.25, 0.3) is 89.2 Å². The van der Waals surface area contributed by atoms with Crippen molar-refractivity contribution in [3.05, 3.63) is 175 Å². The lowest BCUT2D eigenvalue weighted by atomic mass is 9.58. The van der Waals surface area contributed by atoms with E-state index in [1.807, 2.05) is 36.4 Å². The van der Waals surface area contributed by atoms with Crippen LogP contribution in [0.2, 0.25) is 0 Å². The Balaban J connectivity index is 1.25. The molecule has 0 spiro atoms. The van der Waals surface area contributed by atoms with Crippen molar-refractivity contribution in [2.24, 2.45) is 5.92 Å². The van der Waals surface area contributed by atoms with Gasteiger partial charge in [-0.3, -0.25) is 4.57 Å². The second kappa shape index (κ2) is 13.1. The molecular weight excluding hydrogens is 719 g/mol. The van der Waals surface area contributed by atoms with E-state index in [0.29, 0.717) is 23.5 Å². The van der Waals surface area contributed by atoms with Crippen LogP contribution in [0.3, 0.4) is 0 Å². The van der Waals surface area contributed by atoms with Crippen LogP contribution in [0.15, 0.2) is 164 Å². The number of fused-ring (bicyclic) bond motifs is 8. The average molecular weight is 764 g/mol. The van der Waals surface area contributed by atoms with E-state index >= 15 is 0 Å². The summed E-state index contributed by atoms with van der Waals surface area (Å²) in [7, 11) is 0. The molecule has 7 aromatic carbocycles. The molecule has 10 aromatic rings. The molecule has 59 heavy (non-hydrogen) atoms. The highest BCUT2D eigenvalue weighted by atomic mass is 15.2. The minimum absolute atomic E-state index is 0.0664. The number of nitrogens with zero attached hydrogens (tertiary/aromatic N) is 5. The number of para-hydroxylation sites is 3. The van der Waals surface area contributed by atoms with Gasteiger partial charge in [-0.2, -0.15) is 9.97 Å². The summed E-state index contributed by atoms with van der Waals surface area (Å²) < 4.78 is 4.77. The van der Waals surface area contributed by atoms with Crippen LogP contribution >= 0.6 is 0 Å². The predicted molar refractivity (Wildman–Crippen MR) is 245 cm³/mol. The number of hydrogen-bond acceptors (Lipinski definition) is 3. The Hall–Kier alpha value is -6.85. The summed E-state index contributed by atoms with van der Waals surface area (Å²) in [5.74, 6) is 2.43. The topological polar surface area (TPSA) is 48.5 Å². The Labute approximate surface area is 344 Å². The van der Waals surface area contributed by atoms with Crippen molar-refractivity contribution >= 4 is 43.6 Å². The number of aromatic nitrogens is 5. The second-order valence-electron chi connectivity index (χ2n) is 17.6. The molecule has 1 aliphatic carbocycles. The highest BCUT2D eigenvalue weighted by Crippen LogP contribution is 2.50. The van der Waals surface area contributed by atoms with E-state index < -0.39 is 0 Å². The zero-order valence-corrected chi connectivity index (χ0v) is 34.1. The first-order valence-electron chi connectivity index (χ1n) is 20.8.